The van der Waals surface area contributed by atoms with Gasteiger partial charge in [0, 0.05) is 37.3 Å². The lowest BCUT2D eigenvalue weighted by atomic mass is 10.1. The number of aryl methyl sites for hydroxylation is 2. The third-order valence-corrected chi connectivity index (χ3v) is 7.65. The topological polar surface area (TPSA) is 86.8 Å². The second kappa shape index (κ2) is 10.3. The van der Waals surface area contributed by atoms with Gasteiger partial charge in [-0.25, -0.2) is 8.42 Å². The molecule has 35 heavy (non-hydrogen) atoms. The Morgan fingerprint density at radius 1 is 0.771 bits per heavy atom. The van der Waals surface area contributed by atoms with Crippen molar-refractivity contribution in [3.8, 4) is 0 Å². The molecule has 3 aromatic rings. The molecule has 0 aliphatic carbocycles. The van der Waals surface area contributed by atoms with Crippen LogP contribution in [0.1, 0.15) is 38.8 Å². The van der Waals surface area contributed by atoms with E-state index in [0.717, 1.165) is 12.0 Å². The number of hydrogen-bond acceptors (Lipinski definition) is 4. The summed E-state index contributed by atoms with van der Waals surface area (Å²) in [6.07, 6.45) is 0.922. The molecular formula is C27H29N3O4S. The van der Waals surface area contributed by atoms with Crippen LogP contribution >= 0.6 is 0 Å². The summed E-state index contributed by atoms with van der Waals surface area (Å²) in [7, 11) is -3.77. The molecule has 0 aromatic heterocycles. The summed E-state index contributed by atoms with van der Waals surface area (Å²) >= 11 is 0. The van der Waals surface area contributed by atoms with Crippen LogP contribution in [0.3, 0.4) is 0 Å². The number of nitrogens with one attached hydrogen (secondary N) is 1. The van der Waals surface area contributed by atoms with Crippen LogP contribution < -0.4 is 4.72 Å². The second-order valence-electron chi connectivity index (χ2n) is 8.58. The predicted molar refractivity (Wildman–Crippen MR) is 136 cm³/mol. The Hall–Kier alpha value is -3.65. The van der Waals surface area contributed by atoms with E-state index in [9.17, 15) is 18.0 Å². The van der Waals surface area contributed by atoms with E-state index in [-0.39, 0.29) is 16.7 Å². The number of nitrogens with zero attached hydrogens (tertiary/aromatic N) is 2. The van der Waals surface area contributed by atoms with Crippen molar-refractivity contribution in [2.45, 2.75) is 25.2 Å². The van der Waals surface area contributed by atoms with Crippen molar-refractivity contribution in [3.63, 3.8) is 0 Å². The average Bonchev–Trinajstić information content (AvgIpc) is 2.89. The van der Waals surface area contributed by atoms with Crippen molar-refractivity contribution in [1.29, 1.82) is 0 Å². The smallest absolute Gasteiger partial charge is 0.261 e. The Labute approximate surface area is 206 Å². The molecule has 1 fully saturated rings. The molecule has 0 atom stereocenters. The molecule has 2 amide bonds. The Kier molecular flexibility index (Phi) is 7.21. The van der Waals surface area contributed by atoms with E-state index in [1.54, 1.807) is 21.9 Å². The molecule has 0 bridgehead atoms. The van der Waals surface area contributed by atoms with Gasteiger partial charge in [0.1, 0.15) is 0 Å². The Balaban J connectivity index is 1.37. The molecule has 182 valence electrons. The number of rotatable bonds is 6. The molecule has 1 N–H and O–H groups in total. The zero-order chi connectivity index (χ0) is 25.0. The fourth-order valence-corrected chi connectivity index (χ4v) is 5.16. The summed E-state index contributed by atoms with van der Waals surface area (Å²) in [6, 6.07) is 20.7. The van der Waals surface area contributed by atoms with Crippen LogP contribution in [0, 0.1) is 6.92 Å². The third kappa shape index (κ3) is 5.54. The van der Waals surface area contributed by atoms with E-state index in [2.05, 4.69) is 11.6 Å². The maximum atomic E-state index is 13.0. The summed E-state index contributed by atoms with van der Waals surface area (Å²) in [5.41, 5.74) is 3.58. The van der Waals surface area contributed by atoms with E-state index in [0.29, 0.717) is 43.0 Å². The second-order valence-corrected chi connectivity index (χ2v) is 10.3. The van der Waals surface area contributed by atoms with Gasteiger partial charge in [0.05, 0.1) is 10.6 Å². The average molecular weight is 492 g/mol. The molecule has 0 spiro atoms. The number of hydrogen-bond donors (Lipinski definition) is 1. The lowest BCUT2D eigenvalue weighted by molar-refractivity contribution is 0.0535. The number of piperazine rings is 1. The van der Waals surface area contributed by atoms with Gasteiger partial charge in [-0.3, -0.25) is 14.3 Å². The van der Waals surface area contributed by atoms with Crippen molar-refractivity contribution >= 4 is 27.5 Å². The first-order valence-corrected chi connectivity index (χ1v) is 13.1. The fraction of sp³-hybridized carbons (Fsp3) is 0.259. The monoisotopic (exact) mass is 491 g/mol. The number of carbonyl (C=O) groups is 2. The van der Waals surface area contributed by atoms with E-state index in [1.165, 1.54) is 29.8 Å². The Bertz CT molecular complexity index is 1310. The summed E-state index contributed by atoms with van der Waals surface area (Å²) in [5.74, 6) is -0.212. The molecule has 1 saturated heterocycles. The largest absolute Gasteiger partial charge is 0.335 e. The molecule has 4 rings (SSSR count). The molecule has 3 aromatic carbocycles. The zero-order valence-corrected chi connectivity index (χ0v) is 20.7. The molecule has 0 saturated carbocycles. The van der Waals surface area contributed by atoms with Gasteiger partial charge in [0.25, 0.3) is 21.8 Å². The number of benzene rings is 3. The molecule has 1 heterocycles. The highest BCUT2D eigenvalue weighted by molar-refractivity contribution is 7.92. The maximum absolute atomic E-state index is 13.0. The van der Waals surface area contributed by atoms with Gasteiger partial charge in [0.15, 0.2) is 0 Å². The summed E-state index contributed by atoms with van der Waals surface area (Å²) in [6.45, 7) is 5.65. The standard InChI is InChI=1S/C27H29N3O4S/c1-3-21-8-10-22(11-9-21)26(31)29-16-18-30(19-17-29)27(32)23-12-14-24(15-13-23)35(33,34)28-25-7-5-4-6-20(25)2/h4-15,28H,3,16-19H2,1-2H3. The highest BCUT2D eigenvalue weighted by atomic mass is 32.2. The minimum absolute atomic E-state index is 0.0320. The number of anilines is 1. The summed E-state index contributed by atoms with van der Waals surface area (Å²) in [4.78, 5) is 29.3. The number of para-hydroxylation sites is 1. The van der Waals surface area contributed by atoms with E-state index >= 15 is 0 Å². The minimum atomic E-state index is -3.77. The van der Waals surface area contributed by atoms with Crippen LogP contribution in [-0.4, -0.2) is 56.2 Å². The number of carbonyl (C=O) groups excluding carboxylic acids is 2. The Morgan fingerprint density at radius 2 is 1.26 bits per heavy atom. The minimum Gasteiger partial charge on any atom is -0.335 e. The van der Waals surface area contributed by atoms with Crippen LogP contribution in [-0.2, 0) is 16.4 Å². The molecular weight excluding hydrogens is 462 g/mol. The third-order valence-electron chi connectivity index (χ3n) is 6.26. The summed E-state index contributed by atoms with van der Waals surface area (Å²) < 4.78 is 28.1. The fourth-order valence-electron chi connectivity index (χ4n) is 4.03. The molecule has 0 radical (unpaired) electrons. The lowest BCUT2D eigenvalue weighted by Crippen LogP contribution is -2.50. The zero-order valence-electron chi connectivity index (χ0n) is 19.9. The molecule has 1 aliphatic rings. The van der Waals surface area contributed by atoms with E-state index in [1.807, 2.05) is 43.3 Å². The van der Waals surface area contributed by atoms with Gasteiger partial charge < -0.3 is 9.80 Å². The quantitative estimate of drug-likeness (QED) is 0.566. The molecule has 8 heteroatoms. The predicted octanol–water partition coefficient (Wildman–Crippen LogP) is 3.96. The first-order chi connectivity index (χ1) is 16.8. The molecule has 1 aliphatic heterocycles. The van der Waals surface area contributed by atoms with Crippen LogP contribution in [0.15, 0.2) is 77.7 Å². The van der Waals surface area contributed by atoms with Crippen LogP contribution in [0.25, 0.3) is 0 Å². The van der Waals surface area contributed by atoms with Crippen molar-refractivity contribution in [1.82, 2.24) is 9.80 Å². The van der Waals surface area contributed by atoms with Crippen molar-refractivity contribution < 1.29 is 18.0 Å². The highest BCUT2D eigenvalue weighted by Gasteiger charge is 2.26. The van der Waals surface area contributed by atoms with Crippen molar-refractivity contribution in [2.75, 3.05) is 30.9 Å². The highest BCUT2D eigenvalue weighted by Crippen LogP contribution is 2.20. The first kappa shape index (κ1) is 24.5. The van der Waals surface area contributed by atoms with Crippen LogP contribution in [0.2, 0.25) is 0 Å². The van der Waals surface area contributed by atoms with E-state index < -0.39 is 10.0 Å². The first-order valence-electron chi connectivity index (χ1n) is 11.6. The van der Waals surface area contributed by atoms with Gasteiger partial charge >= 0.3 is 0 Å². The van der Waals surface area contributed by atoms with Gasteiger partial charge in [-0.2, -0.15) is 0 Å². The normalized spacial score (nSPS) is 14.0. The Morgan fingerprint density at radius 3 is 1.74 bits per heavy atom. The van der Waals surface area contributed by atoms with Crippen molar-refractivity contribution in [2.24, 2.45) is 0 Å². The SMILES string of the molecule is CCc1ccc(C(=O)N2CCN(C(=O)c3ccc(S(=O)(=O)Nc4ccccc4C)cc3)CC2)cc1. The van der Waals surface area contributed by atoms with Crippen molar-refractivity contribution in [3.05, 3.63) is 95.1 Å². The lowest BCUT2D eigenvalue weighted by Gasteiger charge is -2.35. The van der Waals surface area contributed by atoms with Gasteiger partial charge in [-0.05, 0) is 66.9 Å². The van der Waals surface area contributed by atoms with Crippen LogP contribution in [0.4, 0.5) is 5.69 Å². The van der Waals surface area contributed by atoms with Gasteiger partial charge in [0.2, 0.25) is 0 Å². The molecule has 7 nitrogen and oxygen atoms in total. The molecule has 0 unspecified atom stereocenters. The van der Waals surface area contributed by atoms with Gasteiger partial charge in [-0.15, -0.1) is 0 Å². The summed E-state index contributed by atoms with van der Waals surface area (Å²) in [5, 5.41) is 0. The van der Waals surface area contributed by atoms with Crippen LogP contribution in [0.5, 0.6) is 0 Å². The van der Waals surface area contributed by atoms with Gasteiger partial charge in [-0.1, -0.05) is 37.3 Å². The van der Waals surface area contributed by atoms with E-state index in [4.69, 9.17) is 0 Å². The number of amides is 2. The maximum Gasteiger partial charge on any atom is 0.261 e. The number of sulfonamides is 1.